The van der Waals surface area contributed by atoms with Crippen molar-refractivity contribution in [3.8, 4) is 12.3 Å². The normalized spacial score (nSPS) is 20.2. The van der Waals surface area contributed by atoms with E-state index in [0.717, 1.165) is 11.8 Å². The van der Waals surface area contributed by atoms with E-state index in [9.17, 15) is 19.5 Å². The van der Waals surface area contributed by atoms with Crippen LogP contribution in [0, 0.1) is 12.3 Å². The highest BCUT2D eigenvalue weighted by atomic mass is 32.2. The highest BCUT2D eigenvalue weighted by Gasteiger charge is 2.54. The van der Waals surface area contributed by atoms with Crippen molar-refractivity contribution in [2.24, 2.45) is 0 Å². The van der Waals surface area contributed by atoms with E-state index < -0.39 is 23.3 Å². The number of rotatable bonds is 7. The molecule has 1 saturated heterocycles. The molecule has 2 aromatic rings. The van der Waals surface area contributed by atoms with Gasteiger partial charge in [0.25, 0.3) is 5.91 Å². The molecular weight excluding hydrogens is 462 g/mol. The number of hydrogen-bond acceptors (Lipinski definition) is 10. The number of thioether (sulfide) groups is 3. The van der Waals surface area contributed by atoms with Gasteiger partial charge in [-0.1, -0.05) is 17.7 Å². The fourth-order valence-electron chi connectivity index (χ4n) is 3.08. The number of carboxylic acids is 1. The van der Waals surface area contributed by atoms with Crippen molar-refractivity contribution in [2.45, 2.75) is 16.6 Å². The van der Waals surface area contributed by atoms with Gasteiger partial charge >= 0.3 is 5.97 Å². The van der Waals surface area contributed by atoms with E-state index in [1.807, 2.05) is 0 Å². The van der Waals surface area contributed by atoms with Crippen LogP contribution < -0.4 is 11.1 Å². The number of hydrogen-bond donors (Lipinski definition) is 4. The molecule has 1 fully saturated rings. The van der Waals surface area contributed by atoms with Gasteiger partial charge in [0.05, 0.1) is 23.1 Å². The summed E-state index contributed by atoms with van der Waals surface area (Å²) in [4.78, 5) is 46.7. The minimum absolute atomic E-state index is 0.128. The Morgan fingerprint density at radius 3 is 3.03 bits per heavy atom. The van der Waals surface area contributed by atoms with Crippen LogP contribution in [0.1, 0.15) is 0 Å². The number of nitrogen functional groups attached to an aromatic ring is 1. The number of carbonyl (C=O) groups is 3. The first-order chi connectivity index (χ1) is 14.9. The van der Waals surface area contributed by atoms with Gasteiger partial charge in [0, 0.05) is 10.7 Å². The molecule has 0 aliphatic carbocycles. The largest absolute Gasteiger partial charge is 0.477 e. The summed E-state index contributed by atoms with van der Waals surface area (Å²) in [6.07, 6.45) is 6.65. The summed E-state index contributed by atoms with van der Waals surface area (Å²) in [6.45, 7) is 0. The molecule has 2 aliphatic heterocycles. The summed E-state index contributed by atoms with van der Waals surface area (Å²) in [6, 6.07) is -0.780. The Morgan fingerprint density at radius 1 is 1.48 bits per heavy atom. The van der Waals surface area contributed by atoms with Crippen molar-refractivity contribution in [3.05, 3.63) is 16.8 Å². The summed E-state index contributed by atoms with van der Waals surface area (Å²) in [7, 11) is 0. The SMILES string of the molecule is C#CCSCC(=O)NC1C(=O)N2C(C(=O)O)=C(Sc3nc(N)c4cn[nH]c4n3)CS[C@H]12. The lowest BCUT2D eigenvalue weighted by Gasteiger charge is -2.49. The topological polar surface area (TPSA) is 167 Å². The average Bonchev–Trinajstić information content (AvgIpc) is 3.21. The Hall–Kier alpha value is -2.89. The lowest BCUT2D eigenvalue weighted by Crippen LogP contribution is -2.70. The molecule has 0 spiro atoms. The number of terminal acetylenes is 1. The Labute approximate surface area is 188 Å². The summed E-state index contributed by atoms with van der Waals surface area (Å²) in [5, 5.41) is 19.3. The molecule has 31 heavy (non-hydrogen) atoms. The first-order valence-corrected chi connectivity index (χ1v) is 11.8. The van der Waals surface area contributed by atoms with Gasteiger partial charge in [-0.05, 0) is 0 Å². The predicted octanol–water partition coefficient (Wildman–Crippen LogP) is 0.0897. The second-order valence-corrected chi connectivity index (χ2v) is 9.51. The number of aliphatic carboxylic acids is 1. The Morgan fingerprint density at radius 2 is 2.29 bits per heavy atom. The van der Waals surface area contributed by atoms with E-state index in [-0.39, 0.29) is 28.3 Å². The van der Waals surface area contributed by atoms with E-state index in [1.165, 1.54) is 34.6 Å². The number of aromatic nitrogens is 4. The van der Waals surface area contributed by atoms with Crippen molar-refractivity contribution < 1.29 is 19.5 Å². The van der Waals surface area contributed by atoms with Crippen LogP contribution in [-0.4, -0.2) is 76.6 Å². The summed E-state index contributed by atoms with van der Waals surface area (Å²) < 4.78 is 0. The molecule has 160 valence electrons. The maximum atomic E-state index is 12.7. The quantitative estimate of drug-likeness (QED) is 0.185. The molecule has 4 heterocycles. The number of nitrogens with zero attached hydrogens (tertiary/aromatic N) is 4. The molecule has 0 aromatic carbocycles. The summed E-state index contributed by atoms with van der Waals surface area (Å²) in [5.41, 5.74) is 6.20. The van der Waals surface area contributed by atoms with Gasteiger partial charge in [0.1, 0.15) is 22.9 Å². The van der Waals surface area contributed by atoms with Gasteiger partial charge in [-0.15, -0.1) is 29.9 Å². The van der Waals surface area contributed by atoms with E-state index in [2.05, 4.69) is 31.4 Å². The first kappa shape index (κ1) is 21.3. The standard InChI is InChI=1S/C17H15N7O4S3/c1-2-3-29-6-9(25)20-10-14(26)24-11(16(27)28)8(5-30-15(10)24)31-17-21-12(18)7-4-19-23-13(7)22-17/h1,4,10,15H,3,5-6H2,(H,20,25)(H,27,28)(H3,18,19,21,22,23)/t10?,15-/m1/s1. The van der Waals surface area contributed by atoms with Crippen LogP contribution >= 0.6 is 35.3 Å². The molecule has 5 N–H and O–H groups in total. The average molecular weight is 478 g/mol. The van der Waals surface area contributed by atoms with Gasteiger partial charge in [0.2, 0.25) is 5.91 Å². The zero-order valence-electron chi connectivity index (χ0n) is 15.7. The van der Waals surface area contributed by atoms with Crippen LogP contribution in [0.15, 0.2) is 22.0 Å². The van der Waals surface area contributed by atoms with Crippen molar-refractivity contribution >= 4 is 69.9 Å². The maximum Gasteiger partial charge on any atom is 0.353 e. The molecule has 0 saturated carbocycles. The van der Waals surface area contributed by atoms with E-state index >= 15 is 0 Å². The second-order valence-electron chi connectivity index (χ2n) is 6.35. The molecule has 0 radical (unpaired) electrons. The van der Waals surface area contributed by atoms with E-state index in [0.29, 0.717) is 27.4 Å². The van der Waals surface area contributed by atoms with Crippen molar-refractivity contribution in [1.29, 1.82) is 0 Å². The highest BCUT2D eigenvalue weighted by Crippen LogP contribution is 2.44. The summed E-state index contributed by atoms with van der Waals surface area (Å²) in [5.74, 6) is 1.41. The third kappa shape index (κ3) is 4.03. The zero-order chi connectivity index (χ0) is 22.1. The third-order valence-electron chi connectivity index (χ3n) is 4.40. The fraction of sp³-hybridized carbons (Fsp3) is 0.294. The third-order valence-corrected chi connectivity index (χ3v) is 7.65. The molecule has 4 rings (SSSR count). The van der Waals surface area contributed by atoms with Crippen LogP contribution in [0.2, 0.25) is 0 Å². The molecule has 11 nitrogen and oxygen atoms in total. The number of carbonyl (C=O) groups excluding carboxylic acids is 2. The monoisotopic (exact) mass is 477 g/mol. The number of nitrogens with two attached hydrogens (primary N) is 1. The van der Waals surface area contributed by atoms with Crippen molar-refractivity contribution in [1.82, 2.24) is 30.4 Å². The second kappa shape index (κ2) is 8.69. The van der Waals surface area contributed by atoms with Gasteiger partial charge in [-0.2, -0.15) is 5.10 Å². The maximum absolute atomic E-state index is 12.7. The van der Waals surface area contributed by atoms with E-state index in [4.69, 9.17) is 12.2 Å². The van der Waals surface area contributed by atoms with Gasteiger partial charge in [-0.25, -0.2) is 14.8 Å². The highest BCUT2D eigenvalue weighted by molar-refractivity contribution is 8.06. The van der Waals surface area contributed by atoms with Gasteiger partial charge < -0.3 is 16.2 Å². The first-order valence-electron chi connectivity index (χ1n) is 8.76. The zero-order valence-corrected chi connectivity index (χ0v) is 18.1. The number of H-pyrrole nitrogens is 1. The van der Waals surface area contributed by atoms with Gasteiger partial charge in [-0.3, -0.25) is 19.6 Å². The number of nitrogens with one attached hydrogen (secondary N) is 2. The molecule has 1 unspecified atom stereocenters. The minimum Gasteiger partial charge on any atom is -0.477 e. The summed E-state index contributed by atoms with van der Waals surface area (Å²) >= 11 is 3.64. The number of carboxylic acid groups (broad SMARTS) is 1. The minimum atomic E-state index is -1.24. The van der Waals surface area contributed by atoms with Crippen LogP contribution in [0.3, 0.4) is 0 Å². The van der Waals surface area contributed by atoms with Crippen LogP contribution in [-0.2, 0) is 14.4 Å². The van der Waals surface area contributed by atoms with Crippen molar-refractivity contribution in [2.75, 3.05) is 23.0 Å². The molecule has 0 bridgehead atoms. The molecule has 2 amide bonds. The molecule has 2 aromatic heterocycles. The number of fused-ring (bicyclic) bond motifs is 2. The Balaban J connectivity index is 1.53. The predicted molar refractivity (Wildman–Crippen MR) is 118 cm³/mol. The van der Waals surface area contributed by atoms with E-state index in [1.54, 1.807) is 0 Å². The van der Waals surface area contributed by atoms with Crippen LogP contribution in [0.25, 0.3) is 11.0 Å². The molecule has 2 aliphatic rings. The fourth-order valence-corrected chi connectivity index (χ4v) is 5.99. The van der Waals surface area contributed by atoms with Crippen LogP contribution in [0.4, 0.5) is 5.82 Å². The molecule has 14 heteroatoms. The van der Waals surface area contributed by atoms with Crippen LogP contribution in [0.5, 0.6) is 0 Å². The number of aromatic amines is 1. The smallest absolute Gasteiger partial charge is 0.353 e. The number of amides is 2. The van der Waals surface area contributed by atoms with Gasteiger partial charge in [0.15, 0.2) is 10.8 Å². The lowest BCUT2D eigenvalue weighted by atomic mass is 10.1. The Kier molecular flexibility index (Phi) is 5.99. The molecular formula is C17H15N7O4S3. The lowest BCUT2D eigenvalue weighted by molar-refractivity contribution is -0.150. The number of β-lactam (4-membered cyclic amide) rings is 1. The number of anilines is 1. The molecule has 2 atom stereocenters. The Bertz CT molecular complexity index is 1160. The van der Waals surface area contributed by atoms with Crippen molar-refractivity contribution in [3.63, 3.8) is 0 Å².